The maximum Gasteiger partial charge on any atom is 0.300 e. The number of hydrogen-bond donors (Lipinski definition) is 2. The van der Waals surface area contributed by atoms with E-state index in [0.29, 0.717) is 17.9 Å². The molecule has 158 valence electrons. The molecule has 1 saturated heterocycles. The van der Waals surface area contributed by atoms with Crippen LogP contribution in [0.2, 0.25) is 0 Å². The molecule has 2 heterocycles. The van der Waals surface area contributed by atoms with Gasteiger partial charge in [0.1, 0.15) is 29.1 Å². The fourth-order valence-electron chi connectivity index (χ4n) is 3.57. The summed E-state index contributed by atoms with van der Waals surface area (Å²) in [6.07, 6.45) is 2.24. The van der Waals surface area contributed by atoms with Gasteiger partial charge in [0, 0.05) is 5.56 Å². The number of aliphatic hydroxyl groups excluding tert-OH is 1. The Bertz CT molecular complexity index is 1150. The Hall–Kier alpha value is -4.00. The minimum Gasteiger partial charge on any atom is -0.507 e. The van der Waals surface area contributed by atoms with Gasteiger partial charge in [-0.05, 0) is 42.8 Å². The van der Waals surface area contributed by atoms with Gasteiger partial charge in [0.25, 0.3) is 11.7 Å². The van der Waals surface area contributed by atoms with Gasteiger partial charge in [-0.3, -0.25) is 14.5 Å². The molecule has 4 rings (SSSR count). The number of nitrogens with zero attached hydrogens (tertiary/aromatic N) is 1. The minimum atomic E-state index is -1.04. The molecule has 1 aliphatic heterocycles. The number of amides is 1. The summed E-state index contributed by atoms with van der Waals surface area (Å²) in [5.41, 5.74) is 0.348. The van der Waals surface area contributed by atoms with Gasteiger partial charge in [-0.15, -0.1) is 0 Å². The molecule has 1 fully saturated rings. The van der Waals surface area contributed by atoms with Gasteiger partial charge in [-0.25, -0.2) is 0 Å². The third-order valence-electron chi connectivity index (χ3n) is 4.98. The van der Waals surface area contributed by atoms with Crippen molar-refractivity contribution in [2.45, 2.75) is 19.4 Å². The van der Waals surface area contributed by atoms with Crippen LogP contribution >= 0.6 is 0 Å². The molecule has 31 heavy (non-hydrogen) atoms. The molecule has 1 aromatic heterocycles. The number of carbonyl (C=O) groups is 2. The topological polar surface area (TPSA) is 100 Å². The number of para-hydroxylation sites is 2. The van der Waals surface area contributed by atoms with E-state index in [1.807, 2.05) is 6.92 Å². The second-order valence-corrected chi connectivity index (χ2v) is 7.05. The van der Waals surface area contributed by atoms with Crippen LogP contribution in [0.3, 0.4) is 0 Å². The van der Waals surface area contributed by atoms with Crippen LogP contribution in [0.15, 0.2) is 76.9 Å². The number of hydrogen-bond acceptors (Lipinski definition) is 6. The molecule has 0 aliphatic carbocycles. The van der Waals surface area contributed by atoms with E-state index in [2.05, 4.69) is 0 Å². The van der Waals surface area contributed by atoms with Crippen LogP contribution in [0.5, 0.6) is 11.5 Å². The molecule has 2 aromatic carbocycles. The second kappa shape index (κ2) is 8.39. The largest absolute Gasteiger partial charge is 0.507 e. The minimum absolute atomic E-state index is 0.129. The molecule has 0 saturated carbocycles. The first-order valence-electron chi connectivity index (χ1n) is 9.88. The molecule has 1 unspecified atom stereocenters. The number of ether oxygens (including phenoxy) is 1. The van der Waals surface area contributed by atoms with E-state index in [4.69, 9.17) is 9.15 Å². The summed E-state index contributed by atoms with van der Waals surface area (Å²) in [5.74, 6) is -1.45. The Morgan fingerprint density at radius 1 is 1.10 bits per heavy atom. The number of phenols is 1. The fraction of sp³-hybridized carbons (Fsp3) is 0.167. The quantitative estimate of drug-likeness (QED) is 0.349. The van der Waals surface area contributed by atoms with Crippen LogP contribution < -0.4 is 9.64 Å². The van der Waals surface area contributed by atoms with Crippen molar-refractivity contribution in [1.82, 2.24) is 0 Å². The molecule has 0 bridgehead atoms. The molecular weight excluding hydrogens is 398 g/mol. The lowest BCUT2D eigenvalue weighted by Gasteiger charge is -2.24. The number of Topliss-reactive ketones (excluding diaryl/α,β-unsaturated/α-hetero) is 1. The van der Waals surface area contributed by atoms with Gasteiger partial charge in [0.05, 0.1) is 24.1 Å². The molecule has 3 aromatic rings. The van der Waals surface area contributed by atoms with Crippen LogP contribution in [-0.2, 0) is 9.59 Å². The molecule has 0 radical (unpaired) electrons. The Balaban J connectivity index is 1.87. The lowest BCUT2D eigenvalue weighted by Crippen LogP contribution is -2.29. The Labute approximate surface area is 178 Å². The molecule has 1 amide bonds. The van der Waals surface area contributed by atoms with Gasteiger partial charge in [-0.2, -0.15) is 0 Å². The average molecular weight is 419 g/mol. The molecule has 2 N–H and O–H groups in total. The van der Waals surface area contributed by atoms with E-state index >= 15 is 0 Å². The maximum absolute atomic E-state index is 13.0. The van der Waals surface area contributed by atoms with Crippen LogP contribution in [0.4, 0.5) is 5.69 Å². The first-order valence-corrected chi connectivity index (χ1v) is 9.88. The standard InChI is InChI=1S/C24H21NO6/c1-2-12-30-16-8-5-7-15(14-16)22(27)20-21(19-11-6-13-31-19)25(24(29)23(20)28)17-9-3-4-10-18(17)26/h3-11,13-14,21,26-27H,2,12H2,1H3/b22-20-. The zero-order chi connectivity index (χ0) is 22.0. The van der Waals surface area contributed by atoms with E-state index in [0.717, 1.165) is 11.3 Å². The van der Waals surface area contributed by atoms with E-state index in [1.54, 1.807) is 48.5 Å². The highest BCUT2D eigenvalue weighted by atomic mass is 16.5. The van der Waals surface area contributed by atoms with E-state index in [1.165, 1.54) is 18.4 Å². The zero-order valence-corrected chi connectivity index (χ0v) is 16.8. The number of aliphatic hydroxyl groups is 1. The highest BCUT2D eigenvalue weighted by Crippen LogP contribution is 2.44. The number of carbonyl (C=O) groups excluding carboxylic acids is 2. The molecule has 1 aliphatic rings. The number of furan rings is 1. The number of ketones is 1. The van der Waals surface area contributed by atoms with E-state index in [9.17, 15) is 19.8 Å². The summed E-state index contributed by atoms with van der Waals surface area (Å²) in [6.45, 7) is 2.49. The van der Waals surface area contributed by atoms with Crippen molar-refractivity contribution in [2.24, 2.45) is 0 Å². The smallest absolute Gasteiger partial charge is 0.300 e. The summed E-state index contributed by atoms with van der Waals surface area (Å²) in [6, 6.07) is 15.1. The lowest BCUT2D eigenvalue weighted by atomic mass is 9.99. The third-order valence-corrected chi connectivity index (χ3v) is 4.98. The first kappa shape index (κ1) is 20.3. The van der Waals surface area contributed by atoms with Crippen LogP contribution in [0, 0.1) is 0 Å². The van der Waals surface area contributed by atoms with Gasteiger partial charge < -0.3 is 19.4 Å². The van der Waals surface area contributed by atoms with Gasteiger partial charge >= 0.3 is 0 Å². The van der Waals surface area contributed by atoms with Crippen molar-refractivity contribution in [3.8, 4) is 11.5 Å². The van der Waals surface area contributed by atoms with Gasteiger partial charge in [0.2, 0.25) is 0 Å². The number of phenolic OH excluding ortho intramolecular Hbond substituents is 1. The Morgan fingerprint density at radius 2 is 1.90 bits per heavy atom. The highest BCUT2D eigenvalue weighted by Gasteiger charge is 2.49. The zero-order valence-electron chi connectivity index (χ0n) is 16.8. The summed E-state index contributed by atoms with van der Waals surface area (Å²) in [5, 5.41) is 21.4. The summed E-state index contributed by atoms with van der Waals surface area (Å²) < 4.78 is 11.1. The highest BCUT2D eigenvalue weighted by molar-refractivity contribution is 6.51. The van der Waals surface area contributed by atoms with Crippen molar-refractivity contribution in [3.05, 3.63) is 83.8 Å². The summed E-state index contributed by atoms with van der Waals surface area (Å²) in [4.78, 5) is 27.1. The molecule has 7 heteroatoms. The predicted octanol–water partition coefficient (Wildman–Crippen LogP) is 4.40. The van der Waals surface area contributed by atoms with E-state index < -0.39 is 17.7 Å². The number of aromatic hydroxyl groups is 1. The monoisotopic (exact) mass is 419 g/mol. The molecule has 7 nitrogen and oxygen atoms in total. The van der Waals surface area contributed by atoms with Gasteiger partial charge in [-0.1, -0.05) is 31.2 Å². The van der Waals surface area contributed by atoms with Crippen molar-refractivity contribution in [3.63, 3.8) is 0 Å². The molecule has 1 atom stereocenters. The first-order chi connectivity index (χ1) is 15.0. The molecular formula is C24H21NO6. The fourth-order valence-corrected chi connectivity index (χ4v) is 3.57. The predicted molar refractivity (Wildman–Crippen MR) is 114 cm³/mol. The van der Waals surface area contributed by atoms with Crippen LogP contribution in [-0.4, -0.2) is 28.5 Å². The number of anilines is 1. The normalized spacial score (nSPS) is 17.8. The number of benzene rings is 2. The Morgan fingerprint density at radius 3 is 2.61 bits per heavy atom. The maximum atomic E-state index is 13.0. The van der Waals surface area contributed by atoms with Crippen LogP contribution in [0.25, 0.3) is 5.76 Å². The average Bonchev–Trinajstić information content (AvgIpc) is 3.40. The van der Waals surface area contributed by atoms with E-state index in [-0.39, 0.29) is 28.5 Å². The SMILES string of the molecule is CCCOc1cccc(/C(O)=C2/C(=O)C(=O)N(c3ccccc3O)C2c2ccco2)c1. The van der Waals surface area contributed by atoms with Gasteiger partial charge in [0.15, 0.2) is 0 Å². The Kier molecular flexibility index (Phi) is 5.49. The van der Waals surface area contributed by atoms with Crippen molar-refractivity contribution in [2.75, 3.05) is 11.5 Å². The second-order valence-electron chi connectivity index (χ2n) is 7.05. The summed E-state index contributed by atoms with van der Waals surface area (Å²) in [7, 11) is 0. The van der Waals surface area contributed by atoms with Crippen molar-refractivity contribution in [1.29, 1.82) is 0 Å². The van der Waals surface area contributed by atoms with Crippen LogP contribution in [0.1, 0.15) is 30.7 Å². The molecule has 0 spiro atoms. The van der Waals surface area contributed by atoms with Crippen molar-refractivity contribution >= 4 is 23.1 Å². The van der Waals surface area contributed by atoms with Crippen molar-refractivity contribution < 1.29 is 29.0 Å². The summed E-state index contributed by atoms with van der Waals surface area (Å²) >= 11 is 0. The number of rotatable bonds is 6. The lowest BCUT2D eigenvalue weighted by molar-refractivity contribution is -0.132. The third kappa shape index (κ3) is 3.66.